The summed E-state index contributed by atoms with van der Waals surface area (Å²) in [6.45, 7) is 9.44. The van der Waals surface area contributed by atoms with Gasteiger partial charge in [-0.3, -0.25) is 0 Å². The predicted octanol–water partition coefficient (Wildman–Crippen LogP) is 15.6. The van der Waals surface area contributed by atoms with E-state index in [0.717, 1.165) is 50.1 Å². The fraction of sp³-hybridized carbons (Fsp3) is 0.107. The topological polar surface area (TPSA) is 16.4 Å². The first kappa shape index (κ1) is 33.3. The maximum Gasteiger partial charge on any atom is 0.159 e. The summed E-state index contributed by atoms with van der Waals surface area (Å²) in [4.78, 5) is 2.44. The zero-order valence-corrected chi connectivity index (χ0v) is 33.1. The number of benzene rings is 9. The van der Waals surface area contributed by atoms with Gasteiger partial charge in [-0.1, -0.05) is 161 Å². The summed E-state index contributed by atoms with van der Waals surface area (Å²) in [6, 6.07) is 65.0. The van der Waals surface area contributed by atoms with E-state index in [-0.39, 0.29) is 10.8 Å². The van der Waals surface area contributed by atoms with Crippen molar-refractivity contribution in [3.8, 4) is 33.4 Å². The van der Waals surface area contributed by atoms with Crippen LogP contribution in [0.15, 0.2) is 180 Å². The fourth-order valence-corrected chi connectivity index (χ4v) is 10.5. The zero-order chi connectivity index (χ0) is 38.9. The molecule has 12 rings (SSSR count). The first-order valence-corrected chi connectivity index (χ1v) is 20.4. The van der Waals surface area contributed by atoms with E-state index < -0.39 is 0 Å². The molecule has 2 heteroatoms. The number of hydrogen-bond acceptors (Lipinski definition) is 2. The largest absolute Gasteiger partial charge is 0.453 e. The molecular formula is C56H41NO. The molecule has 9 aromatic carbocycles. The highest BCUT2D eigenvalue weighted by Crippen LogP contribution is 2.54. The molecule has 0 saturated carbocycles. The molecule has 2 aliphatic carbocycles. The number of fused-ring (bicyclic) bond motifs is 11. The summed E-state index contributed by atoms with van der Waals surface area (Å²) < 4.78 is 7.34. The van der Waals surface area contributed by atoms with Crippen LogP contribution in [-0.2, 0) is 10.8 Å². The monoisotopic (exact) mass is 743 g/mol. The lowest BCUT2D eigenvalue weighted by Gasteiger charge is -2.29. The summed E-state index contributed by atoms with van der Waals surface area (Å²) in [5.41, 5.74) is 17.7. The number of rotatable bonds is 4. The first-order chi connectivity index (χ1) is 28.3. The van der Waals surface area contributed by atoms with Crippen LogP contribution in [0.4, 0.5) is 17.1 Å². The van der Waals surface area contributed by atoms with E-state index in [1.54, 1.807) is 0 Å². The Bertz CT molecular complexity index is 3250. The van der Waals surface area contributed by atoms with Crippen molar-refractivity contribution in [2.45, 2.75) is 38.5 Å². The Hall–Kier alpha value is -6.90. The van der Waals surface area contributed by atoms with Gasteiger partial charge in [0.05, 0.1) is 5.69 Å². The van der Waals surface area contributed by atoms with Gasteiger partial charge in [-0.15, -0.1) is 0 Å². The maximum absolute atomic E-state index is 7.34. The van der Waals surface area contributed by atoms with Gasteiger partial charge in [-0.05, 0) is 114 Å². The Balaban J connectivity index is 1.13. The van der Waals surface area contributed by atoms with Crippen molar-refractivity contribution in [1.82, 2.24) is 0 Å². The minimum Gasteiger partial charge on any atom is -0.453 e. The maximum atomic E-state index is 7.34. The van der Waals surface area contributed by atoms with Crippen molar-refractivity contribution in [2.75, 3.05) is 4.90 Å². The third-order valence-corrected chi connectivity index (χ3v) is 13.4. The lowest BCUT2D eigenvalue weighted by molar-refractivity contribution is 0.659. The van der Waals surface area contributed by atoms with Crippen molar-refractivity contribution < 1.29 is 4.42 Å². The highest BCUT2D eigenvalue weighted by Gasteiger charge is 2.38. The third kappa shape index (κ3) is 4.54. The van der Waals surface area contributed by atoms with Crippen LogP contribution >= 0.6 is 0 Å². The summed E-state index contributed by atoms with van der Waals surface area (Å²) >= 11 is 0. The summed E-state index contributed by atoms with van der Waals surface area (Å²) in [6.07, 6.45) is 0. The van der Waals surface area contributed by atoms with Crippen LogP contribution in [-0.4, -0.2) is 0 Å². The van der Waals surface area contributed by atoms with E-state index in [2.05, 4.69) is 209 Å². The Morgan fingerprint density at radius 1 is 0.379 bits per heavy atom. The molecule has 0 amide bonds. The van der Waals surface area contributed by atoms with Gasteiger partial charge < -0.3 is 9.32 Å². The quantitative estimate of drug-likeness (QED) is 0.178. The number of anilines is 3. The van der Waals surface area contributed by atoms with Gasteiger partial charge >= 0.3 is 0 Å². The molecule has 10 aromatic rings. The average Bonchev–Trinajstić information content (AvgIpc) is 3.82. The van der Waals surface area contributed by atoms with Crippen LogP contribution in [0.1, 0.15) is 49.9 Å². The van der Waals surface area contributed by atoms with Crippen LogP contribution in [0.5, 0.6) is 0 Å². The van der Waals surface area contributed by atoms with Crippen molar-refractivity contribution in [1.29, 1.82) is 0 Å². The number of hydrogen-bond donors (Lipinski definition) is 0. The summed E-state index contributed by atoms with van der Waals surface area (Å²) in [5.74, 6) is 0. The molecule has 0 N–H and O–H groups in total. The van der Waals surface area contributed by atoms with Crippen molar-refractivity contribution in [3.05, 3.63) is 198 Å². The van der Waals surface area contributed by atoms with Crippen molar-refractivity contribution >= 4 is 60.5 Å². The van der Waals surface area contributed by atoms with E-state index in [1.165, 1.54) is 66.1 Å². The van der Waals surface area contributed by atoms with E-state index in [1.807, 2.05) is 0 Å². The second kappa shape index (κ2) is 11.8. The molecule has 58 heavy (non-hydrogen) atoms. The molecule has 0 bridgehead atoms. The van der Waals surface area contributed by atoms with Crippen molar-refractivity contribution in [3.63, 3.8) is 0 Å². The van der Waals surface area contributed by atoms with Gasteiger partial charge in [0.15, 0.2) is 5.58 Å². The molecule has 0 aliphatic heterocycles. The van der Waals surface area contributed by atoms with E-state index in [9.17, 15) is 0 Å². The summed E-state index contributed by atoms with van der Waals surface area (Å²) in [5, 5.41) is 7.05. The second-order valence-electron chi connectivity index (χ2n) is 17.3. The molecule has 0 unspecified atom stereocenters. The Morgan fingerprint density at radius 2 is 0.931 bits per heavy atom. The molecule has 0 spiro atoms. The van der Waals surface area contributed by atoms with Gasteiger partial charge in [0, 0.05) is 38.5 Å². The Kier molecular flexibility index (Phi) is 6.78. The lowest BCUT2D eigenvalue weighted by Crippen LogP contribution is -2.18. The van der Waals surface area contributed by atoms with E-state index >= 15 is 0 Å². The van der Waals surface area contributed by atoms with Gasteiger partial charge in [0.2, 0.25) is 0 Å². The van der Waals surface area contributed by atoms with Crippen LogP contribution in [0.25, 0.3) is 76.9 Å². The zero-order valence-electron chi connectivity index (χ0n) is 33.1. The lowest BCUT2D eigenvalue weighted by atomic mass is 9.82. The number of nitrogens with zero attached hydrogens (tertiary/aromatic N) is 1. The van der Waals surface area contributed by atoms with Crippen LogP contribution in [0.3, 0.4) is 0 Å². The van der Waals surface area contributed by atoms with Crippen LogP contribution in [0, 0.1) is 0 Å². The molecule has 0 radical (unpaired) electrons. The molecular weight excluding hydrogens is 703 g/mol. The standard InChI is InChI=1S/C56H41NO/c1-55(2)47-21-11-9-18-41(47)43-28-26-38(32-49(43)55)57(39-27-29-44-42-19-10-12-22-48(42)56(3,4)50(44)33-39)51-23-13-20-45-46-31-36-16-7-8-17-40(36)52(54(46)58-53(45)51)37-25-24-34-14-5-6-15-35(34)30-37/h5-33H,1-4H3. The van der Waals surface area contributed by atoms with Crippen LogP contribution in [0.2, 0.25) is 0 Å². The molecule has 1 heterocycles. The van der Waals surface area contributed by atoms with Gasteiger partial charge in [-0.25, -0.2) is 0 Å². The van der Waals surface area contributed by atoms with E-state index in [4.69, 9.17) is 4.42 Å². The molecule has 276 valence electrons. The van der Waals surface area contributed by atoms with Crippen LogP contribution < -0.4 is 4.90 Å². The van der Waals surface area contributed by atoms with Gasteiger partial charge in [0.1, 0.15) is 5.58 Å². The molecule has 1 aromatic heterocycles. The van der Waals surface area contributed by atoms with Crippen molar-refractivity contribution in [2.24, 2.45) is 0 Å². The smallest absolute Gasteiger partial charge is 0.159 e. The Labute approximate surface area is 338 Å². The highest BCUT2D eigenvalue weighted by molar-refractivity contribution is 6.20. The van der Waals surface area contributed by atoms with Gasteiger partial charge in [0.25, 0.3) is 0 Å². The minimum atomic E-state index is -0.143. The molecule has 2 nitrogen and oxygen atoms in total. The second-order valence-corrected chi connectivity index (χ2v) is 17.3. The SMILES string of the molecule is CC1(C)c2ccccc2-c2ccc(N(c3ccc4c(c3)C(C)(C)c3ccccc3-4)c3cccc4c3oc3c(-c5ccc6ccccc6c5)c5ccccc5cc34)cc21. The molecule has 0 saturated heterocycles. The van der Waals surface area contributed by atoms with Gasteiger partial charge in [-0.2, -0.15) is 0 Å². The molecule has 0 fully saturated rings. The normalized spacial score (nSPS) is 14.5. The molecule has 0 atom stereocenters. The fourth-order valence-electron chi connectivity index (χ4n) is 10.5. The number of furan rings is 1. The Morgan fingerprint density at radius 3 is 1.60 bits per heavy atom. The third-order valence-electron chi connectivity index (χ3n) is 13.4. The summed E-state index contributed by atoms with van der Waals surface area (Å²) in [7, 11) is 0. The average molecular weight is 744 g/mol. The predicted molar refractivity (Wildman–Crippen MR) is 244 cm³/mol. The minimum absolute atomic E-state index is 0.143. The highest BCUT2D eigenvalue weighted by atomic mass is 16.3. The first-order valence-electron chi connectivity index (χ1n) is 20.4. The molecule has 2 aliphatic rings. The van der Waals surface area contributed by atoms with E-state index in [0.29, 0.717) is 0 Å². The number of para-hydroxylation sites is 1.